The minimum Gasteiger partial charge on any atom is -0.493 e. The summed E-state index contributed by atoms with van der Waals surface area (Å²) in [5, 5.41) is 23.7. The summed E-state index contributed by atoms with van der Waals surface area (Å²) < 4.78 is 41.3. The molecule has 4 aromatic rings. The monoisotopic (exact) mass is 567 g/mol. The molecule has 0 spiro atoms. The normalized spacial score (nSPS) is 14.8. The van der Waals surface area contributed by atoms with Gasteiger partial charge in [0.15, 0.2) is 12.4 Å². The lowest BCUT2D eigenvalue weighted by Crippen LogP contribution is -3.14. The summed E-state index contributed by atoms with van der Waals surface area (Å²) in [5.41, 5.74) is 4.12. The Labute approximate surface area is 235 Å². The predicted octanol–water partition coefficient (Wildman–Crippen LogP) is 5.83. The minimum atomic E-state index is -4.37. The zero-order valence-electron chi connectivity index (χ0n) is 22.2. The van der Waals surface area contributed by atoms with Gasteiger partial charge in [0.2, 0.25) is 11.0 Å². The smallest absolute Gasteiger partial charge is 0.416 e. The molecule has 1 aromatic heterocycles. The number of nitrogens with one attached hydrogen (secondary N) is 2. The first-order valence-electron chi connectivity index (χ1n) is 13.0. The van der Waals surface area contributed by atoms with Crippen molar-refractivity contribution in [1.29, 1.82) is 0 Å². The fraction of sp³-hybridized carbons (Fsp3) is 0.276. The molecular weight excluding hydrogens is 537 g/mol. The number of quaternary nitrogens is 1. The average Bonchev–Trinajstić information content (AvgIpc) is 3.20. The number of thiocarbonyl (C=S) groups is 1. The molecule has 1 aliphatic heterocycles. The molecule has 3 N–H and O–H groups in total. The quantitative estimate of drug-likeness (QED) is 0.210. The SMILES string of the molecule is Cc1cccc(NC(=S)N=Nc2c(O)n(C[NH+]3CCN(c4cccc(C(F)(F)F)c4)CC3)c3ccccc23)c1C. The number of nitrogens with zero attached hydrogens (tertiary/aromatic N) is 4. The van der Waals surface area contributed by atoms with E-state index in [9.17, 15) is 18.3 Å². The van der Waals surface area contributed by atoms with E-state index in [1.165, 1.54) is 17.0 Å². The molecule has 0 atom stereocenters. The number of alkyl halides is 3. The third-order valence-corrected chi connectivity index (χ3v) is 7.58. The van der Waals surface area contributed by atoms with Crippen LogP contribution in [0.2, 0.25) is 0 Å². The molecule has 2 heterocycles. The Morgan fingerprint density at radius 2 is 1.75 bits per heavy atom. The van der Waals surface area contributed by atoms with E-state index in [1.807, 2.05) is 61.2 Å². The highest BCUT2D eigenvalue weighted by molar-refractivity contribution is 7.80. The van der Waals surface area contributed by atoms with Crippen molar-refractivity contribution >= 4 is 45.3 Å². The van der Waals surface area contributed by atoms with Gasteiger partial charge in [0.05, 0.1) is 37.3 Å². The van der Waals surface area contributed by atoms with Crippen molar-refractivity contribution in [1.82, 2.24) is 4.57 Å². The largest absolute Gasteiger partial charge is 0.493 e. The first-order chi connectivity index (χ1) is 19.1. The van der Waals surface area contributed by atoms with Crippen molar-refractivity contribution in [2.75, 3.05) is 36.4 Å². The van der Waals surface area contributed by atoms with Gasteiger partial charge in [-0.25, -0.2) is 0 Å². The number of para-hydroxylation sites is 1. The fourth-order valence-corrected chi connectivity index (χ4v) is 5.14. The van der Waals surface area contributed by atoms with Gasteiger partial charge in [0, 0.05) is 16.8 Å². The number of hydrogen-bond donors (Lipinski definition) is 3. The summed E-state index contributed by atoms with van der Waals surface area (Å²) in [7, 11) is 0. The lowest BCUT2D eigenvalue weighted by molar-refractivity contribution is -0.923. The Morgan fingerprint density at radius 3 is 2.50 bits per heavy atom. The molecule has 0 unspecified atom stereocenters. The minimum absolute atomic E-state index is 0.00714. The van der Waals surface area contributed by atoms with Crippen LogP contribution in [0.25, 0.3) is 10.9 Å². The van der Waals surface area contributed by atoms with Crippen LogP contribution in [0.15, 0.2) is 77.0 Å². The second-order valence-corrected chi connectivity index (χ2v) is 10.3. The Kier molecular flexibility index (Phi) is 7.77. The van der Waals surface area contributed by atoms with Gasteiger partial charge in [-0.05, 0) is 67.5 Å². The highest BCUT2D eigenvalue weighted by Crippen LogP contribution is 2.38. The number of hydrogen-bond acceptors (Lipinski definition) is 4. The maximum absolute atomic E-state index is 13.2. The van der Waals surface area contributed by atoms with E-state index in [-0.39, 0.29) is 11.0 Å². The van der Waals surface area contributed by atoms with Gasteiger partial charge in [-0.1, -0.05) is 36.4 Å². The summed E-state index contributed by atoms with van der Waals surface area (Å²) >= 11 is 5.39. The Morgan fingerprint density at radius 1 is 1.02 bits per heavy atom. The van der Waals surface area contributed by atoms with Crippen LogP contribution in [0.4, 0.5) is 30.2 Å². The summed E-state index contributed by atoms with van der Waals surface area (Å²) in [5.74, 6) is -0.00714. The zero-order valence-corrected chi connectivity index (χ0v) is 23.0. The van der Waals surface area contributed by atoms with Crippen LogP contribution < -0.4 is 15.1 Å². The number of halogens is 3. The van der Waals surface area contributed by atoms with E-state index >= 15 is 0 Å². The van der Waals surface area contributed by atoms with Crippen LogP contribution in [0.3, 0.4) is 0 Å². The lowest BCUT2D eigenvalue weighted by atomic mass is 10.1. The van der Waals surface area contributed by atoms with E-state index < -0.39 is 11.7 Å². The first kappa shape index (κ1) is 27.6. The summed E-state index contributed by atoms with van der Waals surface area (Å²) in [6.45, 7) is 7.09. The van der Waals surface area contributed by atoms with Gasteiger partial charge in [0.25, 0.3) is 0 Å². The maximum atomic E-state index is 13.2. The molecule has 0 aliphatic carbocycles. The number of anilines is 2. The average molecular weight is 568 g/mol. The number of benzene rings is 3. The van der Waals surface area contributed by atoms with Crippen molar-refractivity contribution in [3.8, 4) is 5.88 Å². The molecule has 5 rings (SSSR count). The molecule has 40 heavy (non-hydrogen) atoms. The van der Waals surface area contributed by atoms with Gasteiger partial charge in [0.1, 0.15) is 0 Å². The summed E-state index contributed by atoms with van der Waals surface area (Å²) in [6, 6.07) is 18.9. The number of fused-ring (bicyclic) bond motifs is 1. The zero-order chi connectivity index (χ0) is 28.4. The molecule has 7 nitrogen and oxygen atoms in total. The summed E-state index contributed by atoms with van der Waals surface area (Å²) in [4.78, 5) is 3.16. The molecule has 0 bridgehead atoms. The molecule has 208 valence electrons. The Balaban J connectivity index is 1.30. The lowest BCUT2D eigenvalue weighted by Gasteiger charge is -2.34. The predicted molar refractivity (Wildman–Crippen MR) is 155 cm³/mol. The van der Waals surface area contributed by atoms with Gasteiger partial charge >= 0.3 is 6.18 Å². The highest BCUT2D eigenvalue weighted by Gasteiger charge is 2.31. The number of azo groups is 1. The molecule has 1 fully saturated rings. The van der Waals surface area contributed by atoms with Crippen LogP contribution in [-0.2, 0) is 12.8 Å². The van der Waals surface area contributed by atoms with E-state index in [4.69, 9.17) is 12.2 Å². The fourth-order valence-electron chi connectivity index (χ4n) is 4.99. The maximum Gasteiger partial charge on any atom is 0.416 e. The van der Waals surface area contributed by atoms with Crippen molar-refractivity contribution in [3.05, 3.63) is 83.4 Å². The van der Waals surface area contributed by atoms with Gasteiger partial charge in [-0.2, -0.15) is 13.2 Å². The third-order valence-electron chi connectivity index (χ3n) is 7.40. The first-order valence-corrected chi connectivity index (χ1v) is 13.4. The molecule has 1 aliphatic rings. The Bertz CT molecular complexity index is 1570. The van der Waals surface area contributed by atoms with Gasteiger partial charge in [-0.3, -0.25) is 4.57 Å². The number of piperazine rings is 1. The van der Waals surface area contributed by atoms with E-state index in [2.05, 4.69) is 15.5 Å². The number of aryl methyl sites for hydroxylation is 1. The molecule has 0 radical (unpaired) electrons. The summed E-state index contributed by atoms with van der Waals surface area (Å²) in [6.07, 6.45) is -4.37. The van der Waals surface area contributed by atoms with E-state index in [0.717, 1.165) is 33.8 Å². The molecule has 11 heteroatoms. The Hall–Kier alpha value is -3.96. The second kappa shape index (κ2) is 11.3. The van der Waals surface area contributed by atoms with Crippen LogP contribution in [0.5, 0.6) is 5.88 Å². The van der Waals surface area contributed by atoms with Crippen LogP contribution in [0, 0.1) is 13.8 Å². The molecule has 1 saturated heterocycles. The number of aromatic hydroxyl groups is 1. The topological polar surface area (TPSA) is 69.6 Å². The number of aromatic nitrogens is 1. The second-order valence-electron chi connectivity index (χ2n) is 9.94. The van der Waals surface area contributed by atoms with E-state index in [1.54, 1.807) is 10.6 Å². The molecular formula is C29H30F3N6OS+. The van der Waals surface area contributed by atoms with Crippen LogP contribution >= 0.6 is 12.2 Å². The van der Waals surface area contributed by atoms with Gasteiger partial charge in [-0.15, -0.1) is 10.2 Å². The van der Waals surface area contributed by atoms with Gasteiger partial charge < -0.3 is 20.2 Å². The van der Waals surface area contributed by atoms with Crippen molar-refractivity contribution in [2.24, 2.45) is 10.2 Å². The standard InChI is InChI=1S/C29H29F3N6OS/c1-19-7-5-11-24(20(19)2)33-28(40)35-34-26-23-10-3-4-12-25(23)38(27(26)39)18-36-13-15-37(16-14-36)22-9-6-8-21(17-22)29(30,31)32/h3-12,17,39H,13-16,18H2,1-2H3,(H,33,40)/p+1. The van der Waals surface area contributed by atoms with E-state index in [0.29, 0.717) is 44.2 Å². The molecule has 3 aromatic carbocycles. The highest BCUT2D eigenvalue weighted by atomic mass is 32.1. The van der Waals surface area contributed by atoms with Crippen LogP contribution in [0.1, 0.15) is 16.7 Å². The number of rotatable bonds is 5. The van der Waals surface area contributed by atoms with Crippen molar-refractivity contribution in [3.63, 3.8) is 0 Å². The molecule has 0 amide bonds. The van der Waals surface area contributed by atoms with Crippen molar-refractivity contribution < 1.29 is 23.2 Å². The van der Waals surface area contributed by atoms with Crippen molar-refractivity contribution in [2.45, 2.75) is 26.7 Å². The van der Waals surface area contributed by atoms with Crippen LogP contribution in [-0.4, -0.2) is 41.0 Å². The molecule has 0 saturated carbocycles. The third kappa shape index (κ3) is 5.80.